The van der Waals surface area contributed by atoms with Crippen molar-refractivity contribution in [2.24, 2.45) is 0 Å². The van der Waals surface area contributed by atoms with E-state index in [1.807, 2.05) is 6.92 Å². The molecule has 0 bridgehead atoms. The highest BCUT2D eigenvalue weighted by Gasteiger charge is 2.11. The van der Waals surface area contributed by atoms with Gasteiger partial charge in [0.2, 0.25) is 0 Å². The molecular formula is C13H16Cl3NO3. The smallest absolute Gasteiger partial charge is 0.258 e. The molecule has 2 N–H and O–H groups in total. The molecule has 1 aromatic carbocycles. The maximum Gasteiger partial charge on any atom is 0.258 e. The zero-order valence-electron chi connectivity index (χ0n) is 11.0. The van der Waals surface area contributed by atoms with E-state index in [1.165, 1.54) is 12.1 Å². The second kappa shape index (κ2) is 8.57. The van der Waals surface area contributed by atoms with Crippen molar-refractivity contribution in [3.05, 3.63) is 27.2 Å². The number of halogens is 3. The van der Waals surface area contributed by atoms with Crippen molar-refractivity contribution in [3.8, 4) is 5.75 Å². The van der Waals surface area contributed by atoms with E-state index in [4.69, 9.17) is 44.6 Å². The van der Waals surface area contributed by atoms with Gasteiger partial charge in [-0.2, -0.15) is 0 Å². The van der Waals surface area contributed by atoms with Crippen LogP contribution in [0.5, 0.6) is 5.75 Å². The minimum absolute atomic E-state index is 0.0254. The summed E-state index contributed by atoms with van der Waals surface area (Å²) < 4.78 is 5.30. The molecule has 1 aromatic rings. The van der Waals surface area contributed by atoms with Crippen LogP contribution >= 0.6 is 34.8 Å². The average Bonchev–Trinajstić information content (AvgIpc) is 2.39. The average molecular weight is 341 g/mol. The molecule has 1 amide bonds. The van der Waals surface area contributed by atoms with Crippen molar-refractivity contribution in [2.45, 2.75) is 25.8 Å². The minimum Gasteiger partial charge on any atom is -0.482 e. The van der Waals surface area contributed by atoms with E-state index >= 15 is 0 Å². The normalized spacial score (nSPS) is 12.1. The van der Waals surface area contributed by atoms with Crippen molar-refractivity contribution in [1.29, 1.82) is 0 Å². The topological polar surface area (TPSA) is 58.6 Å². The maximum atomic E-state index is 11.7. The van der Waals surface area contributed by atoms with Gasteiger partial charge in [-0.15, -0.1) is 0 Å². The van der Waals surface area contributed by atoms with Gasteiger partial charge < -0.3 is 15.2 Å². The van der Waals surface area contributed by atoms with Gasteiger partial charge in [0.05, 0.1) is 15.1 Å². The van der Waals surface area contributed by atoms with Gasteiger partial charge in [-0.05, 0) is 25.8 Å². The summed E-state index contributed by atoms with van der Waals surface area (Å²) in [5.41, 5.74) is 0. The fourth-order valence-corrected chi connectivity index (χ4v) is 2.14. The predicted octanol–water partition coefficient (Wildman–Crippen LogP) is 3.30. The van der Waals surface area contributed by atoms with E-state index in [9.17, 15) is 4.79 Å². The molecule has 0 aliphatic carbocycles. The summed E-state index contributed by atoms with van der Waals surface area (Å²) in [5.74, 6) is 0.0387. The molecule has 4 nitrogen and oxygen atoms in total. The third kappa shape index (κ3) is 5.75. The quantitative estimate of drug-likeness (QED) is 0.749. The van der Waals surface area contributed by atoms with Crippen LogP contribution in [0.15, 0.2) is 12.1 Å². The number of rotatable bonds is 7. The number of amides is 1. The molecule has 0 saturated carbocycles. The maximum absolute atomic E-state index is 11.7. The molecule has 0 aliphatic heterocycles. The number of aliphatic hydroxyl groups excluding tert-OH is 1. The molecule has 0 aliphatic rings. The summed E-state index contributed by atoms with van der Waals surface area (Å²) >= 11 is 17.6. The number of aliphatic hydroxyl groups is 1. The third-order valence-corrected chi connectivity index (χ3v) is 3.55. The molecule has 0 radical (unpaired) electrons. The summed E-state index contributed by atoms with van der Waals surface area (Å²) in [4.78, 5) is 11.7. The summed E-state index contributed by atoms with van der Waals surface area (Å²) in [6.07, 6.45) is 1.34. The number of benzene rings is 1. The van der Waals surface area contributed by atoms with Crippen molar-refractivity contribution in [3.63, 3.8) is 0 Å². The van der Waals surface area contributed by atoms with Crippen LogP contribution in [0.4, 0.5) is 0 Å². The molecule has 0 fully saturated rings. The first-order valence-corrected chi connectivity index (χ1v) is 7.25. The van der Waals surface area contributed by atoms with Crippen LogP contribution in [0.2, 0.25) is 15.1 Å². The number of carbonyl (C=O) groups is 1. The molecule has 112 valence electrons. The lowest BCUT2D eigenvalue weighted by Gasteiger charge is -2.14. The van der Waals surface area contributed by atoms with Gasteiger partial charge in [-0.3, -0.25) is 4.79 Å². The van der Waals surface area contributed by atoms with Crippen molar-refractivity contribution in [2.75, 3.05) is 13.2 Å². The Balaban J connectivity index is 2.47. The standard InChI is InChI=1S/C13H16Cl3NO3/c1-8(3-2-4-18)17-13(19)7-20-12-6-10(15)9(14)5-11(12)16/h5-6,8,18H,2-4,7H2,1H3,(H,17,19). The van der Waals surface area contributed by atoms with Gasteiger partial charge in [0.25, 0.3) is 5.91 Å². The number of carbonyl (C=O) groups excluding carboxylic acids is 1. The van der Waals surface area contributed by atoms with Crippen molar-refractivity contribution < 1.29 is 14.6 Å². The first kappa shape index (κ1) is 17.4. The Kier molecular flexibility index (Phi) is 7.45. The Bertz CT molecular complexity index is 468. The molecule has 0 heterocycles. The highest BCUT2D eigenvalue weighted by atomic mass is 35.5. The molecule has 1 unspecified atom stereocenters. The highest BCUT2D eigenvalue weighted by Crippen LogP contribution is 2.33. The third-order valence-electron chi connectivity index (χ3n) is 2.54. The van der Waals surface area contributed by atoms with E-state index in [0.29, 0.717) is 33.7 Å². The molecular weight excluding hydrogens is 325 g/mol. The lowest BCUT2D eigenvalue weighted by atomic mass is 10.2. The van der Waals surface area contributed by atoms with Crippen molar-refractivity contribution in [1.82, 2.24) is 5.32 Å². The Morgan fingerprint density at radius 3 is 2.60 bits per heavy atom. The summed E-state index contributed by atoms with van der Waals surface area (Å²) in [5, 5.41) is 12.4. The molecule has 20 heavy (non-hydrogen) atoms. The Morgan fingerprint density at radius 1 is 1.30 bits per heavy atom. The Hall–Kier alpha value is -0.680. The van der Waals surface area contributed by atoms with E-state index in [0.717, 1.165) is 0 Å². The highest BCUT2D eigenvalue weighted by molar-refractivity contribution is 6.43. The molecule has 0 saturated heterocycles. The van der Waals surface area contributed by atoms with E-state index in [-0.39, 0.29) is 25.2 Å². The number of ether oxygens (including phenoxy) is 1. The second-order valence-electron chi connectivity index (χ2n) is 4.32. The van der Waals surface area contributed by atoms with Gasteiger partial charge in [-0.1, -0.05) is 34.8 Å². The van der Waals surface area contributed by atoms with Gasteiger partial charge in [-0.25, -0.2) is 0 Å². The van der Waals surface area contributed by atoms with Gasteiger partial charge in [0, 0.05) is 18.7 Å². The fourth-order valence-electron chi connectivity index (χ4n) is 1.54. The zero-order valence-corrected chi connectivity index (χ0v) is 13.2. The molecule has 1 rings (SSSR count). The van der Waals surface area contributed by atoms with Crippen molar-refractivity contribution >= 4 is 40.7 Å². The van der Waals surface area contributed by atoms with E-state index < -0.39 is 0 Å². The van der Waals surface area contributed by atoms with Crippen LogP contribution in [0.25, 0.3) is 0 Å². The van der Waals surface area contributed by atoms with Crippen LogP contribution in [0.1, 0.15) is 19.8 Å². The van der Waals surface area contributed by atoms with Gasteiger partial charge >= 0.3 is 0 Å². The first-order valence-electron chi connectivity index (χ1n) is 6.11. The second-order valence-corrected chi connectivity index (χ2v) is 5.54. The van der Waals surface area contributed by atoms with Crippen LogP contribution in [0, 0.1) is 0 Å². The summed E-state index contributed by atoms with van der Waals surface area (Å²) in [7, 11) is 0. The predicted molar refractivity (Wildman–Crippen MR) is 80.9 cm³/mol. The molecule has 7 heteroatoms. The molecule has 0 spiro atoms. The number of nitrogens with one attached hydrogen (secondary N) is 1. The van der Waals surface area contributed by atoms with Gasteiger partial charge in [0.15, 0.2) is 6.61 Å². The molecule has 1 atom stereocenters. The lowest BCUT2D eigenvalue weighted by molar-refractivity contribution is -0.123. The minimum atomic E-state index is -0.266. The Morgan fingerprint density at radius 2 is 1.95 bits per heavy atom. The monoisotopic (exact) mass is 339 g/mol. The van der Waals surface area contributed by atoms with E-state index in [1.54, 1.807) is 0 Å². The summed E-state index contributed by atoms with van der Waals surface area (Å²) in [6.45, 7) is 1.80. The fraction of sp³-hybridized carbons (Fsp3) is 0.462. The van der Waals surface area contributed by atoms with Gasteiger partial charge in [0.1, 0.15) is 5.75 Å². The summed E-state index contributed by atoms with van der Waals surface area (Å²) in [6, 6.07) is 2.90. The number of hydrogen-bond donors (Lipinski definition) is 2. The Labute approximate surface area is 133 Å². The largest absolute Gasteiger partial charge is 0.482 e. The van der Waals surface area contributed by atoms with E-state index in [2.05, 4.69) is 5.32 Å². The number of hydrogen-bond acceptors (Lipinski definition) is 3. The van der Waals surface area contributed by atoms with Crippen LogP contribution in [-0.4, -0.2) is 30.3 Å². The zero-order chi connectivity index (χ0) is 15.1. The van der Waals surface area contributed by atoms with Crippen LogP contribution in [-0.2, 0) is 4.79 Å². The first-order chi connectivity index (χ1) is 9.43. The van der Waals surface area contributed by atoms with Crippen LogP contribution in [0.3, 0.4) is 0 Å². The lowest BCUT2D eigenvalue weighted by Crippen LogP contribution is -2.36. The SMILES string of the molecule is CC(CCCO)NC(=O)COc1cc(Cl)c(Cl)cc1Cl. The van der Waals surface area contributed by atoms with Crippen LogP contribution < -0.4 is 10.1 Å². The molecule has 0 aromatic heterocycles.